The van der Waals surface area contributed by atoms with Crippen LogP contribution in [0.25, 0.3) is 0 Å². The molecule has 4 nitrogen and oxygen atoms in total. The first kappa shape index (κ1) is 14.3. The van der Waals surface area contributed by atoms with E-state index in [9.17, 15) is 13.2 Å². The highest BCUT2D eigenvalue weighted by Gasteiger charge is 2.26. The van der Waals surface area contributed by atoms with E-state index in [2.05, 4.69) is 0 Å². The van der Waals surface area contributed by atoms with Crippen LogP contribution in [0.1, 0.15) is 17.3 Å². The van der Waals surface area contributed by atoms with Crippen LogP contribution in [0.3, 0.4) is 0 Å². The summed E-state index contributed by atoms with van der Waals surface area (Å²) in [5.74, 6) is -0.655. The van der Waals surface area contributed by atoms with E-state index < -0.39 is 21.2 Å². The minimum Gasteiger partial charge on any atom is -0.442 e. The third kappa shape index (κ3) is 3.05. The summed E-state index contributed by atoms with van der Waals surface area (Å²) in [6, 6.07) is 16.2. The van der Waals surface area contributed by atoms with Gasteiger partial charge in [0.05, 0.1) is 10.5 Å². The van der Waals surface area contributed by atoms with Gasteiger partial charge in [-0.2, -0.15) is 0 Å². The van der Waals surface area contributed by atoms with Crippen LogP contribution >= 0.6 is 0 Å². The number of benzene rings is 2. The molecule has 0 aliphatic carbocycles. The molecular formula is C15H14O4S. The lowest BCUT2D eigenvalue weighted by molar-refractivity contribution is 0.0467. The summed E-state index contributed by atoms with van der Waals surface area (Å²) >= 11 is 0. The molecule has 0 spiro atoms. The van der Waals surface area contributed by atoms with E-state index in [1.54, 1.807) is 48.5 Å². The number of hydrogen-bond acceptors (Lipinski definition) is 4. The standard InChI is InChI=1S/C15H14O4S/c1-12(19-15(16)13-8-4-2-5-9-13)20(17,18)14-10-6-3-7-11-14/h2-12H,1H3. The molecule has 20 heavy (non-hydrogen) atoms. The fourth-order valence-corrected chi connectivity index (χ4v) is 2.79. The maximum absolute atomic E-state index is 12.2. The molecule has 0 radical (unpaired) electrons. The molecule has 0 amide bonds. The monoisotopic (exact) mass is 290 g/mol. The Morgan fingerprint density at radius 1 is 0.950 bits per heavy atom. The lowest BCUT2D eigenvalue weighted by Gasteiger charge is -2.14. The van der Waals surface area contributed by atoms with E-state index in [-0.39, 0.29) is 4.90 Å². The van der Waals surface area contributed by atoms with Crippen LogP contribution in [0.4, 0.5) is 0 Å². The molecule has 1 atom stereocenters. The van der Waals surface area contributed by atoms with Gasteiger partial charge in [0, 0.05) is 0 Å². The lowest BCUT2D eigenvalue weighted by atomic mass is 10.2. The second-order valence-electron chi connectivity index (χ2n) is 4.20. The zero-order valence-corrected chi connectivity index (χ0v) is 11.7. The Kier molecular flexibility index (Phi) is 4.20. The summed E-state index contributed by atoms with van der Waals surface area (Å²) in [7, 11) is -3.69. The Balaban J connectivity index is 2.17. The number of rotatable bonds is 4. The Bertz CT molecular complexity index is 678. The minimum atomic E-state index is -3.69. The van der Waals surface area contributed by atoms with Gasteiger partial charge >= 0.3 is 5.97 Å². The van der Waals surface area contributed by atoms with E-state index >= 15 is 0 Å². The summed E-state index contributed by atoms with van der Waals surface area (Å²) in [5, 5.41) is 0. The molecule has 104 valence electrons. The summed E-state index contributed by atoms with van der Waals surface area (Å²) in [6.07, 6.45) is 0. The quantitative estimate of drug-likeness (QED) is 0.812. The Morgan fingerprint density at radius 3 is 2.00 bits per heavy atom. The zero-order valence-electron chi connectivity index (χ0n) is 10.9. The second-order valence-corrected chi connectivity index (χ2v) is 6.42. The molecule has 1 unspecified atom stereocenters. The largest absolute Gasteiger partial charge is 0.442 e. The first-order valence-electron chi connectivity index (χ1n) is 6.07. The number of sulfone groups is 1. The van der Waals surface area contributed by atoms with Crippen molar-refractivity contribution in [2.75, 3.05) is 0 Å². The van der Waals surface area contributed by atoms with Crippen LogP contribution in [0.2, 0.25) is 0 Å². The average Bonchev–Trinajstić information content (AvgIpc) is 2.49. The summed E-state index contributed by atoms with van der Waals surface area (Å²) in [5.41, 5.74) is -0.916. The highest BCUT2D eigenvalue weighted by molar-refractivity contribution is 7.91. The second kappa shape index (κ2) is 5.88. The molecule has 0 saturated carbocycles. The molecule has 0 aliphatic heterocycles. The third-order valence-electron chi connectivity index (χ3n) is 2.79. The Morgan fingerprint density at radius 2 is 1.45 bits per heavy atom. The maximum Gasteiger partial charge on any atom is 0.339 e. The zero-order chi connectivity index (χ0) is 14.6. The van der Waals surface area contributed by atoms with Crippen molar-refractivity contribution in [3.63, 3.8) is 0 Å². The number of carbonyl (C=O) groups excluding carboxylic acids is 1. The van der Waals surface area contributed by atoms with Gasteiger partial charge in [0.15, 0.2) is 0 Å². The predicted molar refractivity (Wildman–Crippen MR) is 74.9 cm³/mol. The third-order valence-corrected chi connectivity index (χ3v) is 4.69. The van der Waals surface area contributed by atoms with E-state index in [4.69, 9.17) is 4.74 Å². The van der Waals surface area contributed by atoms with Gasteiger partial charge in [-0.05, 0) is 31.2 Å². The molecule has 5 heteroatoms. The van der Waals surface area contributed by atoms with Gasteiger partial charge in [-0.25, -0.2) is 13.2 Å². The van der Waals surface area contributed by atoms with Crippen molar-refractivity contribution in [2.45, 2.75) is 17.3 Å². The number of carbonyl (C=O) groups is 1. The van der Waals surface area contributed by atoms with E-state index in [1.165, 1.54) is 19.1 Å². The van der Waals surface area contributed by atoms with Gasteiger partial charge in [0.2, 0.25) is 15.3 Å². The molecule has 0 heterocycles. The van der Waals surface area contributed by atoms with Crippen LogP contribution < -0.4 is 0 Å². The van der Waals surface area contributed by atoms with Gasteiger partial charge in [0.1, 0.15) is 0 Å². The molecule has 0 saturated heterocycles. The van der Waals surface area contributed by atoms with Crippen LogP contribution in [-0.4, -0.2) is 19.8 Å². The molecule has 2 aromatic rings. The average molecular weight is 290 g/mol. The van der Waals surface area contributed by atoms with Gasteiger partial charge < -0.3 is 4.74 Å². The van der Waals surface area contributed by atoms with Gasteiger partial charge in [-0.3, -0.25) is 0 Å². The van der Waals surface area contributed by atoms with Crippen molar-refractivity contribution >= 4 is 15.8 Å². The number of esters is 1. The Hall–Kier alpha value is -2.14. The highest BCUT2D eigenvalue weighted by Crippen LogP contribution is 2.17. The molecular weight excluding hydrogens is 276 g/mol. The first-order valence-corrected chi connectivity index (χ1v) is 7.61. The molecule has 0 N–H and O–H groups in total. The van der Waals surface area contributed by atoms with Crippen LogP contribution in [0.15, 0.2) is 65.6 Å². The van der Waals surface area contributed by atoms with Crippen molar-refractivity contribution in [2.24, 2.45) is 0 Å². The van der Waals surface area contributed by atoms with E-state index in [0.29, 0.717) is 5.56 Å². The van der Waals surface area contributed by atoms with Gasteiger partial charge in [-0.1, -0.05) is 36.4 Å². The topological polar surface area (TPSA) is 60.4 Å². The number of ether oxygens (including phenoxy) is 1. The first-order chi connectivity index (χ1) is 9.51. The Labute approximate surface area is 117 Å². The molecule has 2 aromatic carbocycles. The molecule has 0 fully saturated rings. The van der Waals surface area contributed by atoms with E-state index in [0.717, 1.165) is 0 Å². The van der Waals surface area contributed by atoms with Gasteiger partial charge in [-0.15, -0.1) is 0 Å². The fourth-order valence-electron chi connectivity index (χ4n) is 1.66. The summed E-state index contributed by atoms with van der Waals surface area (Å²) in [4.78, 5) is 12.0. The number of hydrogen-bond donors (Lipinski definition) is 0. The maximum atomic E-state index is 12.2. The summed E-state index contributed by atoms with van der Waals surface area (Å²) in [6.45, 7) is 1.35. The highest BCUT2D eigenvalue weighted by atomic mass is 32.2. The van der Waals surface area contributed by atoms with Crippen molar-refractivity contribution in [1.82, 2.24) is 0 Å². The lowest BCUT2D eigenvalue weighted by Crippen LogP contribution is -2.24. The van der Waals surface area contributed by atoms with Crippen LogP contribution in [0, 0.1) is 0 Å². The van der Waals surface area contributed by atoms with Gasteiger partial charge in [0.25, 0.3) is 0 Å². The van der Waals surface area contributed by atoms with Crippen molar-refractivity contribution < 1.29 is 17.9 Å². The van der Waals surface area contributed by atoms with Crippen molar-refractivity contribution in [3.8, 4) is 0 Å². The predicted octanol–water partition coefficient (Wildman–Crippen LogP) is 2.66. The smallest absolute Gasteiger partial charge is 0.339 e. The van der Waals surface area contributed by atoms with Crippen molar-refractivity contribution in [1.29, 1.82) is 0 Å². The van der Waals surface area contributed by atoms with E-state index in [1.807, 2.05) is 0 Å². The normalized spacial score (nSPS) is 12.7. The van der Waals surface area contributed by atoms with Crippen LogP contribution in [0.5, 0.6) is 0 Å². The molecule has 0 aliphatic rings. The summed E-state index contributed by atoms with van der Waals surface area (Å²) < 4.78 is 29.5. The SMILES string of the molecule is CC(OC(=O)c1ccccc1)S(=O)(=O)c1ccccc1. The molecule has 2 rings (SSSR count). The van der Waals surface area contributed by atoms with Crippen molar-refractivity contribution in [3.05, 3.63) is 66.2 Å². The molecule has 0 aromatic heterocycles. The van der Waals surface area contributed by atoms with Crippen LogP contribution in [-0.2, 0) is 14.6 Å². The fraction of sp³-hybridized carbons (Fsp3) is 0.133. The molecule has 0 bridgehead atoms. The minimum absolute atomic E-state index is 0.133.